The fourth-order valence-electron chi connectivity index (χ4n) is 4.77. The second-order valence-corrected chi connectivity index (χ2v) is 9.56. The van der Waals surface area contributed by atoms with E-state index in [1.807, 2.05) is 0 Å². The average Bonchev–Trinajstić information content (AvgIpc) is 3.12. The first kappa shape index (κ1) is 25.5. The van der Waals surface area contributed by atoms with Gasteiger partial charge in [-0.15, -0.1) is 0 Å². The zero-order chi connectivity index (χ0) is 24.1. The van der Waals surface area contributed by atoms with Gasteiger partial charge in [0.25, 0.3) is 0 Å². The first-order valence-corrected chi connectivity index (χ1v) is 13.0. The highest BCUT2D eigenvalue weighted by atomic mass is 79.9. The van der Waals surface area contributed by atoms with Gasteiger partial charge < -0.3 is 0 Å². The molecule has 34 heavy (non-hydrogen) atoms. The predicted octanol–water partition coefficient (Wildman–Crippen LogP) is 12.1. The van der Waals surface area contributed by atoms with E-state index in [9.17, 15) is 0 Å². The number of allylic oxidation sites excluding steroid dienone is 1. The van der Waals surface area contributed by atoms with Crippen LogP contribution in [0.4, 0.5) is 0 Å². The van der Waals surface area contributed by atoms with Crippen molar-refractivity contribution in [3.8, 4) is 11.1 Å². The van der Waals surface area contributed by atoms with Gasteiger partial charge in [0.2, 0.25) is 0 Å². The molecule has 0 aromatic heterocycles. The Kier molecular flexibility index (Phi) is 10.2. The number of hydrogen-bond donors (Lipinski definition) is 0. The largest absolute Gasteiger partial charge is 0.0687 e. The van der Waals surface area contributed by atoms with Crippen LogP contribution in [0.15, 0.2) is 105 Å². The van der Waals surface area contributed by atoms with Crippen LogP contribution in [-0.2, 0) is 5.41 Å². The van der Waals surface area contributed by atoms with Crippen LogP contribution in [0.2, 0.25) is 0 Å². The molecule has 0 spiro atoms. The van der Waals surface area contributed by atoms with Crippen LogP contribution in [0.5, 0.6) is 0 Å². The SMILES string of the molecule is C=C=C=C=C=C=C=C=C=CC1(CCCCCCCCCC)c2ccccc2-c2ccc(Br)cc21.[HH].[HH].[HH].[HH].[HH].[HH].[HH].[HH].[HH].[HH]. The van der Waals surface area contributed by atoms with Gasteiger partial charge >= 0.3 is 0 Å². The standard InChI is InChI=1S/C33H31Br.10H2/c1-3-5-7-9-11-13-15-19-25-33(26-20-16-14-12-10-8-6-4-2)31-22-18-17-21-29(31)30-24-23-28(34)27-32(30)33;;;;;;;;;;/h17-18,21-25,27H,1,4,6,8,10,12,14,16,20,26H2,2H3;10*1H. The predicted molar refractivity (Wildman–Crippen MR) is 167 cm³/mol. The van der Waals surface area contributed by atoms with Crippen LogP contribution in [0.25, 0.3) is 11.1 Å². The number of halogens is 1. The molecule has 1 aliphatic carbocycles. The van der Waals surface area contributed by atoms with Crippen molar-refractivity contribution in [3.05, 3.63) is 117 Å². The third kappa shape index (κ3) is 6.48. The van der Waals surface area contributed by atoms with Crippen molar-refractivity contribution in [1.29, 1.82) is 0 Å². The minimum atomic E-state index is -0.225. The van der Waals surface area contributed by atoms with Gasteiger partial charge in [-0.1, -0.05) is 116 Å². The van der Waals surface area contributed by atoms with Crippen LogP contribution >= 0.6 is 15.9 Å². The number of benzene rings is 2. The summed E-state index contributed by atoms with van der Waals surface area (Å²) in [6, 6.07) is 15.4. The highest BCUT2D eigenvalue weighted by molar-refractivity contribution is 9.10. The third-order valence-electron chi connectivity index (χ3n) is 6.38. The Morgan fingerprint density at radius 2 is 1.44 bits per heavy atom. The van der Waals surface area contributed by atoms with Gasteiger partial charge in [0.1, 0.15) is 0 Å². The summed E-state index contributed by atoms with van der Waals surface area (Å²) < 4.78 is 1.10. The zero-order valence-corrected chi connectivity index (χ0v) is 21.7. The van der Waals surface area contributed by atoms with Crippen molar-refractivity contribution in [3.63, 3.8) is 0 Å². The van der Waals surface area contributed by atoms with E-state index in [1.165, 1.54) is 73.6 Å². The van der Waals surface area contributed by atoms with Gasteiger partial charge in [0.05, 0.1) is 0 Å². The Hall–Kier alpha value is -3.10. The van der Waals surface area contributed by atoms with Gasteiger partial charge in [-0.25, -0.2) is 0 Å². The number of unbranched alkanes of at least 4 members (excludes halogenated alkanes) is 7. The Balaban J connectivity index is -0.000000216. The molecule has 0 radical (unpaired) electrons. The molecule has 1 unspecified atom stereocenters. The minimum absolute atomic E-state index is 0. The summed E-state index contributed by atoms with van der Waals surface area (Å²) in [4.78, 5) is 0. The lowest BCUT2D eigenvalue weighted by Gasteiger charge is -2.28. The van der Waals surface area contributed by atoms with Crippen LogP contribution in [0.3, 0.4) is 0 Å². The summed E-state index contributed by atoms with van der Waals surface area (Å²) in [6.45, 7) is 5.70. The van der Waals surface area contributed by atoms with Crippen LogP contribution < -0.4 is 0 Å². The van der Waals surface area contributed by atoms with E-state index in [0.29, 0.717) is 0 Å². The normalized spacial score (nSPS) is 14.5. The molecule has 1 atom stereocenters. The molecule has 0 N–H and O–H groups in total. The first-order valence-electron chi connectivity index (χ1n) is 12.2. The molecule has 0 saturated carbocycles. The second kappa shape index (κ2) is 13.6. The van der Waals surface area contributed by atoms with E-state index in [-0.39, 0.29) is 19.7 Å². The Morgan fingerprint density at radius 3 is 2.21 bits per heavy atom. The van der Waals surface area contributed by atoms with Crippen LogP contribution in [0, 0.1) is 0 Å². The van der Waals surface area contributed by atoms with Gasteiger partial charge in [0.15, 0.2) is 0 Å². The molecule has 2 aromatic carbocycles. The summed E-state index contributed by atoms with van der Waals surface area (Å²) in [5, 5.41) is 0. The molecule has 1 aliphatic rings. The fourth-order valence-corrected chi connectivity index (χ4v) is 5.13. The van der Waals surface area contributed by atoms with Crippen LogP contribution in [-0.4, -0.2) is 0 Å². The monoisotopic (exact) mass is 526 g/mol. The Bertz CT molecular complexity index is 1340. The Labute approximate surface area is 228 Å². The number of hydrogen-bond acceptors (Lipinski definition) is 0. The van der Waals surface area contributed by atoms with Gasteiger partial charge in [0, 0.05) is 24.2 Å². The minimum Gasteiger partial charge on any atom is -0.0687 e. The third-order valence-corrected chi connectivity index (χ3v) is 6.87. The first-order chi connectivity index (χ1) is 16.7. The summed E-state index contributed by atoms with van der Waals surface area (Å²) >= 11 is 3.70. The highest BCUT2D eigenvalue weighted by Crippen LogP contribution is 2.52. The van der Waals surface area contributed by atoms with Crippen molar-refractivity contribution >= 4 is 15.9 Å². The summed E-state index contributed by atoms with van der Waals surface area (Å²) in [6.07, 6.45) is 13.7. The molecular weight excluding hydrogens is 476 g/mol. The molecule has 2 aromatic rings. The zero-order valence-electron chi connectivity index (χ0n) is 20.1. The van der Waals surface area contributed by atoms with E-state index in [4.69, 9.17) is 0 Å². The molecule has 0 heterocycles. The van der Waals surface area contributed by atoms with E-state index in [2.05, 4.69) is 124 Å². The number of rotatable bonds is 10. The summed E-state index contributed by atoms with van der Waals surface area (Å²) in [5.41, 5.74) is 27.3. The molecule has 190 valence electrons. The van der Waals surface area contributed by atoms with E-state index < -0.39 is 0 Å². The fraction of sp³-hybridized carbons (Fsp3) is 0.333. The van der Waals surface area contributed by atoms with Crippen molar-refractivity contribution in [2.45, 2.75) is 70.1 Å². The topological polar surface area (TPSA) is 0 Å². The average molecular weight is 528 g/mol. The molecule has 1 heteroatoms. The van der Waals surface area contributed by atoms with E-state index in [0.717, 1.165) is 10.9 Å². The van der Waals surface area contributed by atoms with Gasteiger partial charge in [-0.3, -0.25) is 0 Å². The summed E-state index contributed by atoms with van der Waals surface area (Å²) in [7, 11) is 0. The van der Waals surface area contributed by atoms with Gasteiger partial charge in [-0.05, 0) is 87.8 Å². The van der Waals surface area contributed by atoms with Crippen molar-refractivity contribution < 1.29 is 14.3 Å². The van der Waals surface area contributed by atoms with Crippen molar-refractivity contribution in [1.82, 2.24) is 0 Å². The Morgan fingerprint density at radius 1 is 0.794 bits per heavy atom. The molecule has 3 rings (SSSR count). The quantitative estimate of drug-likeness (QED) is 0.213. The maximum absolute atomic E-state index is 3.70. The highest BCUT2D eigenvalue weighted by Gasteiger charge is 2.40. The van der Waals surface area contributed by atoms with E-state index >= 15 is 0 Å². The summed E-state index contributed by atoms with van der Waals surface area (Å²) in [5.74, 6) is 0. The molecular formula is C33H51Br. The lowest BCUT2D eigenvalue weighted by Crippen LogP contribution is -2.22. The number of fused-ring (bicyclic) bond motifs is 3. The van der Waals surface area contributed by atoms with E-state index in [1.54, 1.807) is 0 Å². The van der Waals surface area contributed by atoms with Gasteiger partial charge in [-0.2, -0.15) is 0 Å². The lowest BCUT2D eigenvalue weighted by molar-refractivity contribution is 0.512. The molecule has 0 bridgehead atoms. The molecule has 0 fully saturated rings. The molecule has 0 nitrogen and oxygen atoms in total. The molecule has 0 saturated heterocycles. The smallest absolute Gasteiger partial charge is 0.0475 e. The molecule has 0 amide bonds. The second-order valence-electron chi connectivity index (χ2n) is 8.65. The molecule has 0 aliphatic heterocycles. The maximum Gasteiger partial charge on any atom is 0.0475 e. The van der Waals surface area contributed by atoms with Crippen molar-refractivity contribution in [2.75, 3.05) is 0 Å². The lowest BCUT2D eigenvalue weighted by atomic mass is 9.74. The van der Waals surface area contributed by atoms with Crippen molar-refractivity contribution in [2.24, 2.45) is 0 Å². The maximum atomic E-state index is 3.70. The van der Waals surface area contributed by atoms with Crippen LogP contribution in [0.1, 0.15) is 90.1 Å².